The second kappa shape index (κ2) is 9.15. The van der Waals surface area contributed by atoms with Gasteiger partial charge in [-0.15, -0.1) is 5.10 Å². The van der Waals surface area contributed by atoms with Crippen molar-refractivity contribution in [1.82, 2.24) is 24.8 Å². The summed E-state index contributed by atoms with van der Waals surface area (Å²) in [5, 5.41) is 10.0. The van der Waals surface area contributed by atoms with Crippen LogP contribution < -0.4 is 10.6 Å². The van der Waals surface area contributed by atoms with Crippen molar-refractivity contribution in [3.8, 4) is 11.3 Å². The second-order valence-electron chi connectivity index (χ2n) is 7.99. The van der Waals surface area contributed by atoms with Crippen molar-refractivity contribution in [1.29, 1.82) is 0 Å². The van der Waals surface area contributed by atoms with Gasteiger partial charge in [0.25, 0.3) is 5.91 Å². The Morgan fingerprint density at radius 1 is 1.19 bits per heavy atom. The van der Waals surface area contributed by atoms with Gasteiger partial charge in [0.1, 0.15) is 5.82 Å². The summed E-state index contributed by atoms with van der Waals surface area (Å²) in [6.07, 6.45) is -1.28. The normalized spacial score (nSPS) is 17.1. The van der Waals surface area contributed by atoms with Crippen molar-refractivity contribution in [3.05, 3.63) is 48.2 Å². The molecule has 0 aliphatic carbocycles. The number of anilines is 1. The number of nitrogens with zero attached hydrogens (tertiary/aromatic N) is 4. The number of fused-ring (bicyclic) bond motifs is 1. The summed E-state index contributed by atoms with van der Waals surface area (Å²) in [6, 6.07) is 10.8. The number of imidazole rings is 1. The van der Waals surface area contributed by atoms with Gasteiger partial charge in [-0.05, 0) is 50.7 Å². The number of hydrogen-bond acceptors (Lipinski definition) is 5. The average molecular weight is 446 g/mol. The molecule has 0 saturated carbocycles. The van der Waals surface area contributed by atoms with E-state index in [9.17, 15) is 18.0 Å². The predicted molar refractivity (Wildman–Crippen MR) is 116 cm³/mol. The largest absolute Gasteiger partial charge is 0.390 e. The molecule has 10 heteroatoms. The van der Waals surface area contributed by atoms with Gasteiger partial charge in [-0.25, -0.2) is 9.50 Å². The molecule has 170 valence electrons. The van der Waals surface area contributed by atoms with E-state index in [-0.39, 0.29) is 12.5 Å². The summed E-state index contributed by atoms with van der Waals surface area (Å²) in [7, 11) is 2.07. The molecule has 3 aromatic rings. The molecule has 0 spiro atoms. The molecule has 1 atom stereocenters. The minimum Gasteiger partial charge on any atom is -0.368 e. The van der Waals surface area contributed by atoms with E-state index < -0.39 is 12.6 Å². The molecule has 32 heavy (non-hydrogen) atoms. The Hall–Kier alpha value is -3.14. The Kier molecular flexibility index (Phi) is 6.31. The van der Waals surface area contributed by atoms with E-state index in [1.165, 1.54) is 0 Å². The molecule has 2 N–H and O–H groups in total. The van der Waals surface area contributed by atoms with Gasteiger partial charge in [-0.3, -0.25) is 4.79 Å². The molecule has 1 aliphatic rings. The van der Waals surface area contributed by atoms with Crippen LogP contribution >= 0.6 is 0 Å². The number of carbonyl (C=O) groups excluding carboxylic acids is 1. The average Bonchev–Trinajstić information content (AvgIpc) is 3.37. The van der Waals surface area contributed by atoms with Crippen LogP contribution in [0.3, 0.4) is 0 Å². The first-order chi connectivity index (χ1) is 15.3. The fourth-order valence-electron chi connectivity index (χ4n) is 3.84. The number of likely N-dealkylation sites (tertiary alicyclic amines) is 1. The highest BCUT2D eigenvalue weighted by molar-refractivity contribution is 5.94. The van der Waals surface area contributed by atoms with Crippen molar-refractivity contribution in [3.63, 3.8) is 0 Å². The molecule has 0 radical (unpaired) electrons. The van der Waals surface area contributed by atoms with Crippen LogP contribution in [0.2, 0.25) is 0 Å². The Balaban J connectivity index is 1.44. The van der Waals surface area contributed by atoms with Gasteiger partial charge in [-0.1, -0.05) is 12.1 Å². The van der Waals surface area contributed by atoms with Crippen LogP contribution in [0.4, 0.5) is 19.0 Å². The minimum atomic E-state index is -4.22. The van der Waals surface area contributed by atoms with Gasteiger partial charge >= 0.3 is 6.18 Å². The molecule has 1 aromatic carbocycles. The summed E-state index contributed by atoms with van der Waals surface area (Å²) >= 11 is 0. The van der Waals surface area contributed by atoms with Crippen LogP contribution in [0.5, 0.6) is 0 Å². The second-order valence-corrected chi connectivity index (χ2v) is 7.99. The highest BCUT2D eigenvalue weighted by Gasteiger charge is 2.26. The van der Waals surface area contributed by atoms with E-state index in [4.69, 9.17) is 0 Å². The fourth-order valence-corrected chi connectivity index (χ4v) is 3.84. The number of aromatic nitrogens is 3. The van der Waals surface area contributed by atoms with E-state index in [0.717, 1.165) is 24.9 Å². The van der Waals surface area contributed by atoms with Gasteiger partial charge < -0.3 is 15.5 Å². The number of carbonyl (C=O) groups is 1. The molecule has 1 saturated heterocycles. The lowest BCUT2D eigenvalue weighted by Crippen LogP contribution is -2.38. The first-order valence-corrected chi connectivity index (χ1v) is 10.5. The number of alkyl halides is 3. The van der Waals surface area contributed by atoms with Crippen LogP contribution in [0.1, 0.15) is 29.6 Å². The summed E-state index contributed by atoms with van der Waals surface area (Å²) in [5.41, 5.74) is 2.61. The predicted octanol–water partition coefficient (Wildman–Crippen LogP) is 3.58. The third kappa shape index (κ3) is 5.18. The number of nitrogens with one attached hydrogen (secondary N) is 2. The molecular weight excluding hydrogens is 421 g/mol. The zero-order chi connectivity index (χ0) is 22.7. The van der Waals surface area contributed by atoms with E-state index in [1.54, 1.807) is 35.0 Å². The molecule has 4 rings (SSSR count). The number of hydrogen-bond donors (Lipinski definition) is 2. The maximum absolute atomic E-state index is 12.5. The van der Waals surface area contributed by atoms with Crippen LogP contribution in [0, 0.1) is 0 Å². The van der Waals surface area contributed by atoms with Crippen molar-refractivity contribution < 1.29 is 18.0 Å². The number of rotatable bonds is 7. The summed E-state index contributed by atoms with van der Waals surface area (Å²) in [4.78, 5) is 19.0. The zero-order valence-corrected chi connectivity index (χ0v) is 17.7. The van der Waals surface area contributed by atoms with Gasteiger partial charge in [0.05, 0.1) is 18.3 Å². The number of likely N-dealkylation sites (N-methyl/N-ethyl adjacent to an activating group) is 1. The van der Waals surface area contributed by atoms with Crippen LogP contribution in [0.25, 0.3) is 16.9 Å². The molecule has 3 heterocycles. The highest BCUT2D eigenvalue weighted by atomic mass is 19.4. The topological polar surface area (TPSA) is 74.6 Å². The molecule has 2 aromatic heterocycles. The number of halogens is 3. The smallest absolute Gasteiger partial charge is 0.368 e. The molecule has 1 aliphatic heterocycles. The number of amides is 1. The summed E-state index contributed by atoms with van der Waals surface area (Å²) < 4.78 is 38.7. The van der Waals surface area contributed by atoms with Gasteiger partial charge in [0, 0.05) is 30.3 Å². The lowest BCUT2D eigenvalue weighted by Gasteiger charge is -2.19. The monoisotopic (exact) mass is 446 g/mol. The number of benzene rings is 1. The van der Waals surface area contributed by atoms with Crippen molar-refractivity contribution >= 4 is 17.4 Å². The third-order valence-electron chi connectivity index (χ3n) is 5.69. The lowest BCUT2D eigenvalue weighted by atomic mass is 10.1. The van der Waals surface area contributed by atoms with Crippen molar-refractivity contribution in [2.75, 3.05) is 32.0 Å². The Bertz CT molecular complexity index is 1080. The molecular formula is C22H25F3N6O. The quantitative estimate of drug-likeness (QED) is 0.580. The Labute approximate surface area is 183 Å². The van der Waals surface area contributed by atoms with E-state index in [0.29, 0.717) is 35.3 Å². The van der Waals surface area contributed by atoms with Crippen LogP contribution in [-0.4, -0.2) is 64.3 Å². The lowest BCUT2D eigenvalue weighted by molar-refractivity contribution is -0.131. The van der Waals surface area contributed by atoms with Gasteiger partial charge in [0.2, 0.25) is 0 Å². The SMILES string of the molecule is CN1CCCC1CNC(=O)c1ccc(-c2cnc3ccc(NCCC(F)(F)F)nn23)cc1. The first kappa shape index (κ1) is 22.1. The van der Waals surface area contributed by atoms with Gasteiger partial charge in [-0.2, -0.15) is 13.2 Å². The Morgan fingerprint density at radius 2 is 1.97 bits per heavy atom. The summed E-state index contributed by atoms with van der Waals surface area (Å²) in [5.74, 6) is 0.207. The standard InChI is InChI=1S/C22H25F3N6O/c1-30-12-2-3-17(30)13-28-21(32)16-6-4-15(5-7-16)18-14-27-20-9-8-19(29-31(18)20)26-11-10-22(23,24)25/h4-9,14,17H,2-3,10-13H2,1H3,(H,26,29)(H,28,32). The first-order valence-electron chi connectivity index (χ1n) is 10.5. The highest BCUT2D eigenvalue weighted by Crippen LogP contribution is 2.23. The molecule has 1 unspecified atom stereocenters. The van der Waals surface area contributed by atoms with E-state index in [1.807, 2.05) is 12.1 Å². The zero-order valence-electron chi connectivity index (χ0n) is 17.7. The minimum absolute atomic E-state index is 0.121. The maximum Gasteiger partial charge on any atom is 0.390 e. The fraction of sp³-hybridized carbons (Fsp3) is 0.409. The Morgan fingerprint density at radius 3 is 2.66 bits per heavy atom. The molecule has 0 bridgehead atoms. The van der Waals surface area contributed by atoms with Crippen molar-refractivity contribution in [2.24, 2.45) is 0 Å². The molecule has 1 amide bonds. The van der Waals surface area contributed by atoms with Crippen LogP contribution in [-0.2, 0) is 0 Å². The third-order valence-corrected chi connectivity index (χ3v) is 5.69. The maximum atomic E-state index is 12.5. The van der Waals surface area contributed by atoms with Gasteiger partial charge in [0.15, 0.2) is 5.65 Å². The van der Waals surface area contributed by atoms with Crippen molar-refractivity contribution in [2.45, 2.75) is 31.5 Å². The summed E-state index contributed by atoms with van der Waals surface area (Å²) in [6.45, 7) is 1.42. The molecule has 1 fully saturated rings. The van der Waals surface area contributed by atoms with E-state index >= 15 is 0 Å². The van der Waals surface area contributed by atoms with Crippen LogP contribution in [0.15, 0.2) is 42.6 Å². The molecule has 7 nitrogen and oxygen atoms in total. The van der Waals surface area contributed by atoms with E-state index in [2.05, 4.69) is 32.7 Å².